The highest BCUT2D eigenvalue weighted by atomic mass is 32.1. The molecule has 4 rings (SSSR count). The highest BCUT2D eigenvalue weighted by Crippen LogP contribution is 2.34. The van der Waals surface area contributed by atoms with Crippen LogP contribution in [0.25, 0.3) is 10.4 Å². The van der Waals surface area contributed by atoms with Gasteiger partial charge in [-0.05, 0) is 54.5 Å². The number of carbonyl (C=O) groups excluding carboxylic acids is 1. The van der Waals surface area contributed by atoms with Crippen LogP contribution in [-0.4, -0.2) is 5.91 Å². The van der Waals surface area contributed by atoms with E-state index >= 15 is 0 Å². The van der Waals surface area contributed by atoms with E-state index in [0.29, 0.717) is 0 Å². The van der Waals surface area contributed by atoms with E-state index in [1.54, 1.807) is 11.3 Å². The van der Waals surface area contributed by atoms with Gasteiger partial charge >= 0.3 is 0 Å². The van der Waals surface area contributed by atoms with Crippen LogP contribution in [0.2, 0.25) is 0 Å². The van der Waals surface area contributed by atoms with Crippen molar-refractivity contribution in [3.05, 3.63) is 82.7 Å². The lowest BCUT2D eigenvalue weighted by Crippen LogP contribution is -2.25. The first kappa shape index (κ1) is 18.9. The van der Waals surface area contributed by atoms with E-state index in [0.717, 1.165) is 21.2 Å². The van der Waals surface area contributed by atoms with Gasteiger partial charge in [0.15, 0.2) is 0 Å². The summed E-state index contributed by atoms with van der Waals surface area (Å²) >= 11 is 1.56. The molecule has 1 amide bonds. The van der Waals surface area contributed by atoms with Gasteiger partial charge in [-0.2, -0.15) is 0 Å². The first-order chi connectivity index (χ1) is 13.7. The molecule has 3 heteroatoms. The molecule has 0 spiro atoms. The molecule has 0 unspecified atom stereocenters. The normalized spacial score (nSPS) is 15.9. The van der Waals surface area contributed by atoms with Crippen molar-refractivity contribution in [2.24, 2.45) is 0 Å². The minimum Gasteiger partial charge on any atom is -0.345 e. The number of hydrogen-bond donors (Lipinski definition) is 1. The van der Waals surface area contributed by atoms with Crippen LogP contribution < -0.4 is 5.32 Å². The number of carbonyl (C=O) groups is 1. The van der Waals surface area contributed by atoms with Gasteiger partial charge in [0.05, 0.1) is 10.9 Å². The average Bonchev–Trinajstić information content (AvgIpc) is 3.26. The average molecular weight is 390 g/mol. The predicted molar refractivity (Wildman–Crippen MR) is 118 cm³/mol. The van der Waals surface area contributed by atoms with E-state index in [9.17, 15) is 4.79 Å². The third kappa shape index (κ3) is 4.36. The van der Waals surface area contributed by atoms with Crippen molar-refractivity contribution in [2.45, 2.75) is 51.0 Å². The maximum atomic E-state index is 12.6. The Labute approximate surface area is 171 Å². The van der Waals surface area contributed by atoms with Crippen LogP contribution in [0.1, 0.15) is 71.8 Å². The van der Waals surface area contributed by atoms with Gasteiger partial charge in [-0.15, -0.1) is 11.3 Å². The Balaban J connectivity index is 1.43. The summed E-state index contributed by atoms with van der Waals surface area (Å²) in [4.78, 5) is 14.5. The zero-order valence-corrected chi connectivity index (χ0v) is 17.2. The number of benzene rings is 2. The minimum absolute atomic E-state index is 0.00553. The molecule has 0 aliphatic heterocycles. The van der Waals surface area contributed by atoms with Crippen molar-refractivity contribution >= 4 is 17.2 Å². The molecule has 1 atom stereocenters. The Morgan fingerprint density at radius 1 is 0.929 bits per heavy atom. The Bertz CT molecular complexity index is 907. The van der Waals surface area contributed by atoms with Gasteiger partial charge in [0.25, 0.3) is 5.91 Å². The fraction of sp³-hybridized carbons (Fsp3) is 0.320. The van der Waals surface area contributed by atoms with Crippen molar-refractivity contribution in [1.82, 2.24) is 5.32 Å². The van der Waals surface area contributed by atoms with Crippen LogP contribution in [0.15, 0.2) is 66.7 Å². The van der Waals surface area contributed by atoms with Gasteiger partial charge in [0, 0.05) is 4.88 Å². The summed E-state index contributed by atoms with van der Waals surface area (Å²) in [6, 6.07) is 23.0. The maximum absolute atomic E-state index is 12.6. The molecule has 1 N–H and O–H groups in total. The largest absolute Gasteiger partial charge is 0.345 e. The third-order valence-corrected chi connectivity index (χ3v) is 6.88. The Kier molecular flexibility index (Phi) is 5.92. The lowest BCUT2D eigenvalue weighted by atomic mass is 9.84. The molecule has 1 aliphatic carbocycles. The molecular weight excluding hydrogens is 362 g/mol. The van der Waals surface area contributed by atoms with Crippen LogP contribution in [0.3, 0.4) is 0 Å². The molecule has 0 saturated heterocycles. The summed E-state index contributed by atoms with van der Waals surface area (Å²) in [6.45, 7) is 2.02. The molecule has 1 aliphatic rings. The van der Waals surface area contributed by atoms with E-state index in [2.05, 4.69) is 35.6 Å². The summed E-state index contributed by atoms with van der Waals surface area (Å²) < 4.78 is 0. The molecule has 1 fully saturated rings. The van der Waals surface area contributed by atoms with Crippen LogP contribution in [0, 0.1) is 0 Å². The summed E-state index contributed by atoms with van der Waals surface area (Å²) in [5.74, 6) is 0.721. The first-order valence-electron chi connectivity index (χ1n) is 10.3. The van der Waals surface area contributed by atoms with Gasteiger partial charge in [0.2, 0.25) is 0 Å². The smallest absolute Gasteiger partial charge is 0.261 e. The molecule has 144 valence electrons. The molecule has 1 heterocycles. The van der Waals surface area contributed by atoms with Gasteiger partial charge in [-0.1, -0.05) is 73.9 Å². The van der Waals surface area contributed by atoms with E-state index in [1.807, 2.05) is 43.3 Å². The van der Waals surface area contributed by atoms with Crippen molar-refractivity contribution < 1.29 is 4.79 Å². The van der Waals surface area contributed by atoms with Gasteiger partial charge < -0.3 is 5.32 Å². The van der Waals surface area contributed by atoms with E-state index in [1.165, 1.54) is 43.2 Å². The molecule has 2 nitrogen and oxygen atoms in total. The fourth-order valence-corrected chi connectivity index (χ4v) is 4.98. The van der Waals surface area contributed by atoms with Crippen LogP contribution in [0.5, 0.6) is 0 Å². The number of amides is 1. The first-order valence-corrected chi connectivity index (χ1v) is 11.1. The van der Waals surface area contributed by atoms with Gasteiger partial charge in [-0.3, -0.25) is 4.79 Å². The number of thiophene rings is 1. The zero-order valence-electron chi connectivity index (χ0n) is 16.4. The van der Waals surface area contributed by atoms with Crippen molar-refractivity contribution in [3.63, 3.8) is 0 Å². The molecule has 3 aromatic rings. The molecule has 2 aromatic carbocycles. The topological polar surface area (TPSA) is 29.1 Å². The highest BCUT2D eigenvalue weighted by Gasteiger charge is 2.16. The van der Waals surface area contributed by atoms with Crippen molar-refractivity contribution in [2.75, 3.05) is 0 Å². The molecule has 28 heavy (non-hydrogen) atoms. The maximum Gasteiger partial charge on any atom is 0.261 e. The molecular formula is C25H27NOS. The lowest BCUT2D eigenvalue weighted by molar-refractivity contribution is 0.0944. The second kappa shape index (κ2) is 8.74. The second-order valence-corrected chi connectivity index (χ2v) is 8.81. The fourth-order valence-electron chi connectivity index (χ4n) is 4.06. The monoisotopic (exact) mass is 389 g/mol. The summed E-state index contributed by atoms with van der Waals surface area (Å²) in [5, 5.41) is 3.10. The number of rotatable bonds is 5. The minimum atomic E-state index is -0.00794. The van der Waals surface area contributed by atoms with Gasteiger partial charge in [0.1, 0.15) is 0 Å². The van der Waals surface area contributed by atoms with E-state index in [4.69, 9.17) is 0 Å². The zero-order chi connectivity index (χ0) is 19.3. The molecule has 0 radical (unpaired) electrons. The molecule has 1 saturated carbocycles. The molecule has 1 aromatic heterocycles. The lowest BCUT2D eigenvalue weighted by Gasteiger charge is -2.22. The Morgan fingerprint density at radius 2 is 1.64 bits per heavy atom. The second-order valence-electron chi connectivity index (χ2n) is 7.73. The van der Waals surface area contributed by atoms with Crippen LogP contribution in [0.4, 0.5) is 0 Å². The van der Waals surface area contributed by atoms with Gasteiger partial charge in [-0.25, -0.2) is 0 Å². The Hall–Kier alpha value is -2.39. The summed E-state index contributed by atoms with van der Waals surface area (Å²) in [5.41, 5.74) is 3.78. The van der Waals surface area contributed by atoms with Crippen LogP contribution >= 0.6 is 11.3 Å². The highest BCUT2D eigenvalue weighted by molar-refractivity contribution is 7.17. The SMILES string of the molecule is C[C@H](NC(=O)c1ccc(-c2ccc(C3CCCCC3)cc2)s1)c1ccccc1. The van der Waals surface area contributed by atoms with Crippen LogP contribution in [-0.2, 0) is 0 Å². The Morgan fingerprint density at radius 3 is 2.36 bits per heavy atom. The van der Waals surface area contributed by atoms with Crippen molar-refractivity contribution in [1.29, 1.82) is 0 Å². The number of nitrogens with one attached hydrogen (secondary N) is 1. The standard InChI is InChI=1S/C25H27NOS/c1-18(19-8-4-2-5-9-19)26-25(27)24-17-16-23(28-24)22-14-12-21(13-15-22)20-10-6-3-7-11-20/h2,4-5,8-9,12-18,20H,3,6-7,10-11H2,1H3,(H,26,27)/t18-/m0/s1. The number of hydrogen-bond acceptors (Lipinski definition) is 2. The van der Waals surface area contributed by atoms with Crippen molar-refractivity contribution in [3.8, 4) is 10.4 Å². The predicted octanol–water partition coefficient (Wildman–Crippen LogP) is 6.95. The van der Waals surface area contributed by atoms with E-state index in [-0.39, 0.29) is 11.9 Å². The molecule has 0 bridgehead atoms. The van der Waals surface area contributed by atoms with E-state index < -0.39 is 0 Å². The summed E-state index contributed by atoms with van der Waals surface area (Å²) in [7, 11) is 0. The summed E-state index contributed by atoms with van der Waals surface area (Å²) in [6.07, 6.45) is 6.75. The quantitative estimate of drug-likeness (QED) is 0.502. The third-order valence-electron chi connectivity index (χ3n) is 5.75.